The first-order valence-electron chi connectivity index (χ1n) is 5.25. The van der Waals surface area contributed by atoms with Gasteiger partial charge < -0.3 is 10.5 Å². The number of hydrogen-bond acceptors (Lipinski definition) is 5. The number of rotatable bonds is 4. The zero-order valence-corrected chi connectivity index (χ0v) is 9.36. The van der Waals surface area contributed by atoms with Crippen LogP contribution in [0.4, 0.5) is 0 Å². The molecule has 6 heteroatoms. The molecule has 1 rings (SSSR count). The lowest BCUT2D eigenvalue weighted by Crippen LogP contribution is -2.41. The Kier molecular flexibility index (Phi) is 4.00. The molecule has 0 bridgehead atoms. The number of carbonyl (C=O) groups is 3. The number of carbonyl (C=O) groups excluding carboxylic acids is 3. The van der Waals surface area contributed by atoms with Crippen LogP contribution in [0.5, 0.6) is 0 Å². The van der Waals surface area contributed by atoms with Crippen LogP contribution in [-0.2, 0) is 19.1 Å². The smallest absolute Gasteiger partial charge is 0.323 e. The van der Waals surface area contributed by atoms with Crippen molar-refractivity contribution in [2.24, 2.45) is 11.7 Å². The maximum absolute atomic E-state index is 11.5. The van der Waals surface area contributed by atoms with Gasteiger partial charge in [-0.1, -0.05) is 20.3 Å². The van der Waals surface area contributed by atoms with Crippen LogP contribution in [-0.4, -0.2) is 29.9 Å². The Balaban J connectivity index is 2.51. The third kappa shape index (κ3) is 2.79. The molecule has 90 valence electrons. The van der Waals surface area contributed by atoms with Gasteiger partial charge in [0.1, 0.15) is 6.04 Å². The van der Waals surface area contributed by atoms with E-state index in [0.717, 1.165) is 6.42 Å². The van der Waals surface area contributed by atoms with Crippen LogP contribution in [0.2, 0.25) is 0 Å². The lowest BCUT2D eigenvalue weighted by atomic mass is 10.0. The maximum Gasteiger partial charge on any atom is 0.323 e. The Morgan fingerprint density at radius 2 is 2.25 bits per heavy atom. The van der Waals surface area contributed by atoms with E-state index in [1.54, 1.807) is 0 Å². The minimum absolute atomic E-state index is 0.0207. The van der Waals surface area contributed by atoms with E-state index in [1.807, 2.05) is 13.8 Å². The van der Waals surface area contributed by atoms with Crippen LogP contribution in [0.1, 0.15) is 26.7 Å². The van der Waals surface area contributed by atoms with Crippen LogP contribution in [0.25, 0.3) is 0 Å². The number of nitrogens with one attached hydrogen (secondary N) is 1. The maximum atomic E-state index is 11.5. The molecule has 1 unspecified atom stereocenters. The van der Waals surface area contributed by atoms with Gasteiger partial charge in [-0.3, -0.25) is 19.7 Å². The van der Waals surface area contributed by atoms with Crippen molar-refractivity contribution in [3.8, 4) is 0 Å². The third-order valence-corrected chi connectivity index (χ3v) is 2.71. The van der Waals surface area contributed by atoms with E-state index in [2.05, 4.69) is 5.32 Å². The zero-order valence-electron chi connectivity index (χ0n) is 9.36. The quantitative estimate of drug-likeness (QED) is 0.490. The van der Waals surface area contributed by atoms with E-state index in [1.165, 1.54) is 0 Å². The zero-order chi connectivity index (χ0) is 12.3. The van der Waals surface area contributed by atoms with E-state index in [-0.39, 0.29) is 12.3 Å². The minimum Gasteiger partial charge on any atom is -0.451 e. The Bertz CT molecular complexity index is 316. The summed E-state index contributed by atoms with van der Waals surface area (Å²) in [7, 11) is 0. The van der Waals surface area contributed by atoms with Gasteiger partial charge in [0.25, 0.3) is 5.91 Å². The predicted molar refractivity (Wildman–Crippen MR) is 55.1 cm³/mol. The second-order valence-corrected chi connectivity index (χ2v) is 3.95. The summed E-state index contributed by atoms with van der Waals surface area (Å²) in [5, 5.41) is 2.06. The molecule has 6 nitrogen and oxygen atoms in total. The van der Waals surface area contributed by atoms with Gasteiger partial charge in [-0.15, -0.1) is 0 Å². The van der Waals surface area contributed by atoms with Crippen molar-refractivity contribution >= 4 is 17.8 Å². The fraction of sp³-hybridized carbons (Fsp3) is 0.700. The molecular weight excluding hydrogens is 212 g/mol. The van der Waals surface area contributed by atoms with Crippen molar-refractivity contribution in [2.75, 3.05) is 0 Å². The molecule has 0 saturated carbocycles. The Morgan fingerprint density at radius 3 is 2.69 bits per heavy atom. The highest BCUT2D eigenvalue weighted by Gasteiger charge is 2.35. The Hall–Kier alpha value is -1.43. The largest absolute Gasteiger partial charge is 0.451 e. The topological polar surface area (TPSA) is 98.5 Å². The van der Waals surface area contributed by atoms with Crippen molar-refractivity contribution in [3.63, 3.8) is 0 Å². The molecule has 16 heavy (non-hydrogen) atoms. The summed E-state index contributed by atoms with van der Waals surface area (Å²) in [6, 6.07) is -0.756. The fourth-order valence-electron chi connectivity index (χ4n) is 1.33. The molecule has 3 N–H and O–H groups in total. The van der Waals surface area contributed by atoms with Crippen LogP contribution in [0.15, 0.2) is 0 Å². The van der Waals surface area contributed by atoms with Gasteiger partial charge >= 0.3 is 5.97 Å². The molecule has 2 amide bonds. The van der Waals surface area contributed by atoms with Crippen LogP contribution in [0, 0.1) is 5.92 Å². The number of esters is 1. The first kappa shape index (κ1) is 12.6. The number of amides is 2. The van der Waals surface area contributed by atoms with Gasteiger partial charge in [-0.05, 0) is 5.92 Å². The molecule has 1 fully saturated rings. The van der Waals surface area contributed by atoms with Crippen LogP contribution >= 0.6 is 0 Å². The average Bonchev–Trinajstić information content (AvgIpc) is 2.55. The average molecular weight is 228 g/mol. The van der Waals surface area contributed by atoms with Crippen molar-refractivity contribution in [3.05, 3.63) is 0 Å². The lowest BCUT2D eigenvalue weighted by molar-refractivity contribution is -0.156. The predicted octanol–water partition coefficient (Wildman–Crippen LogP) is -0.682. The summed E-state index contributed by atoms with van der Waals surface area (Å²) in [5.74, 6) is -1.66. The standard InChI is InChI=1S/C10H16N2O4/c1-3-5(2)8(11)10(15)16-6-4-7(13)12-9(6)14/h5-6,8H,3-4,11H2,1-2H3,(H,12,13,14)/t5-,6?,8-/m0/s1. The second-order valence-electron chi connectivity index (χ2n) is 3.95. The SMILES string of the molecule is CC[C@H](C)[C@H](N)C(=O)OC1CC(=O)NC1=O. The molecule has 0 aliphatic carbocycles. The van der Waals surface area contributed by atoms with Gasteiger partial charge in [0.15, 0.2) is 6.10 Å². The molecule has 0 aromatic rings. The monoisotopic (exact) mass is 228 g/mol. The first-order valence-corrected chi connectivity index (χ1v) is 5.25. The molecule has 1 saturated heterocycles. The molecular formula is C10H16N2O4. The van der Waals surface area contributed by atoms with Crippen molar-refractivity contribution in [2.45, 2.75) is 38.8 Å². The summed E-state index contributed by atoms with van der Waals surface area (Å²) in [5.41, 5.74) is 5.64. The fourth-order valence-corrected chi connectivity index (χ4v) is 1.33. The van der Waals surface area contributed by atoms with E-state index < -0.39 is 29.9 Å². The number of ether oxygens (including phenoxy) is 1. The highest BCUT2D eigenvalue weighted by atomic mass is 16.6. The number of nitrogens with two attached hydrogens (primary N) is 1. The van der Waals surface area contributed by atoms with Gasteiger partial charge in [0, 0.05) is 0 Å². The normalized spacial score (nSPS) is 23.8. The van der Waals surface area contributed by atoms with Gasteiger partial charge in [0.2, 0.25) is 5.91 Å². The Labute approximate surface area is 93.5 Å². The first-order chi connectivity index (χ1) is 7.45. The highest BCUT2D eigenvalue weighted by Crippen LogP contribution is 2.11. The van der Waals surface area contributed by atoms with E-state index >= 15 is 0 Å². The second kappa shape index (κ2) is 5.07. The van der Waals surface area contributed by atoms with E-state index in [9.17, 15) is 14.4 Å². The van der Waals surface area contributed by atoms with Gasteiger partial charge in [0.05, 0.1) is 6.42 Å². The molecule has 0 aromatic carbocycles. The lowest BCUT2D eigenvalue weighted by Gasteiger charge is -2.18. The van der Waals surface area contributed by atoms with Crippen LogP contribution < -0.4 is 11.1 Å². The van der Waals surface area contributed by atoms with Crippen molar-refractivity contribution < 1.29 is 19.1 Å². The molecule has 0 spiro atoms. The number of imide groups is 1. The molecule has 3 atom stereocenters. The highest BCUT2D eigenvalue weighted by molar-refractivity contribution is 6.05. The summed E-state index contributed by atoms with van der Waals surface area (Å²) in [6.07, 6.45) is -0.390. The van der Waals surface area contributed by atoms with E-state index in [4.69, 9.17) is 10.5 Å². The summed E-state index contributed by atoms with van der Waals surface area (Å²) >= 11 is 0. The molecule has 0 aromatic heterocycles. The third-order valence-electron chi connectivity index (χ3n) is 2.71. The molecule has 0 radical (unpaired) electrons. The van der Waals surface area contributed by atoms with Crippen molar-refractivity contribution in [1.82, 2.24) is 5.32 Å². The summed E-state index contributed by atoms with van der Waals surface area (Å²) < 4.78 is 4.88. The van der Waals surface area contributed by atoms with Crippen molar-refractivity contribution in [1.29, 1.82) is 0 Å². The summed E-state index contributed by atoms with van der Waals surface area (Å²) in [6.45, 7) is 3.73. The Morgan fingerprint density at radius 1 is 1.62 bits per heavy atom. The van der Waals surface area contributed by atoms with Gasteiger partial charge in [-0.25, -0.2) is 0 Å². The summed E-state index contributed by atoms with van der Waals surface area (Å²) in [4.78, 5) is 33.5. The molecule has 1 aliphatic heterocycles. The van der Waals surface area contributed by atoms with E-state index in [0.29, 0.717) is 0 Å². The molecule has 1 aliphatic rings. The van der Waals surface area contributed by atoms with Crippen LogP contribution in [0.3, 0.4) is 0 Å². The minimum atomic E-state index is -1.02. The van der Waals surface area contributed by atoms with Gasteiger partial charge in [-0.2, -0.15) is 0 Å². The molecule has 1 heterocycles. The number of hydrogen-bond donors (Lipinski definition) is 2.